The summed E-state index contributed by atoms with van der Waals surface area (Å²) >= 11 is 0. The molecule has 0 unspecified atom stereocenters. The molecule has 0 amide bonds. The molecule has 3 heteroatoms. The third-order valence-electron chi connectivity index (χ3n) is 3.33. The molecule has 0 aromatic carbocycles. The zero-order chi connectivity index (χ0) is 13.5. The maximum atomic E-state index is 5.92. The van der Waals surface area contributed by atoms with Crippen molar-refractivity contribution in [2.45, 2.75) is 77.8 Å². The molecular weight excluding hydrogens is 243 g/mol. The quantitative estimate of drug-likeness (QED) is 0.425. The average Bonchev–Trinajstić information content (AvgIpc) is 2.24. The lowest BCUT2D eigenvalue weighted by atomic mass is 9.99. The summed E-state index contributed by atoms with van der Waals surface area (Å²) in [5, 5.41) is 0.449. The third-order valence-corrected chi connectivity index (χ3v) is 6.97. The Morgan fingerprint density at radius 1 is 1.00 bits per heavy atom. The third kappa shape index (κ3) is 6.74. The Bertz CT molecular complexity index is 231. The van der Waals surface area contributed by atoms with Crippen LogP contribution in [0.15, 0.2) is 0 Å². The predicted octanol–water partition coefficient (Wildman–Crippen LogP) is 5.41. The highest BCUT2D eigenvalue weighted by Crippen LogP contribution is 2.37. The predicted molar refractivity (Wildman–Crippen MR) is 85.3 cm³/mol. The van der Waals surface area contributed by atoms with Crippen molar-refractivity contribution in [2.24, 2.45) is 0 Å². The normalized spacial score (nSPS) is 14.2. The lowest BCUT2D eigenvalue weighted by molar-refractivity contribution is 0.332. The van der Waals surface area contributed by atoms with Gasteiger partial charge in [-0.15, -0.1) is 0 Å². The number of hydrogen-bond donors (Lipinski definition) is 0. The van der Waals surface area contributed by atoms with Crippen LogP contribution in [0.25, 0.3) is 0 Å². The molecule has 0 spiro atoms. The van der Waals surface area contributed by atoms with Gasteiger partial charge in [0, 0.05) is 5.16 Å². The summed E-state index contributed by atoms with van der Waals surface area (Å²) in [7, 11) is 0.392. The maximum Gasteiger partial charge on any atom is 0.0724 e. The van der Waals surface area contributed by atoms with Gasteiger partial charge in [-0.2, -0.15) is 0 Å². The van der Waals surface area contributed by atoms with Gasteiger partial charge in [-0.1, -0.05) is 48.6 Å². The fourth-order valence-corrected chi connectivity index (χ4v) is 5.94. The Balaban J connectivity index is 5.00. The summed E-state index contributed by atoms with van der Waals surface area (Å²) in [5.74, 6) is 0. The van der Waals surface area contributed by atoms with E-state index in [0.29, 0.717) is 5.16 Å². The van der Waals surface area contributed by atoms with Crippen molar-refractivity contribution in [3.63, 3.8) is 0 Å². The van der Waals surface area contributed by atoms with Gasteiger partial charge in [-0.25, -0.2) is 0 Å². The molecule has 102 valence electrons. The van der Waals surface area contributed by atoms with Gasteiger partial charge in [0.05, 0.1) is 20.2 Å². The van der Waals surface area contributed by atoms with Gasteiger partial charge in [-0.05, 0) is 32.2 Å². The molecule has 0 aromatic heterocycles. The molecule has 0 bridgehead atoms. The molecule has 0 radical (unpaired) electrons. The van der Waals surface area contributed by atoms with Crippen molar-refractivity contribution in [2.75, 3.05) is 6.61 Å². The van der Waals surface area contributed by atoms with E-state index in [1.165, 1.54) is 39.0 Å². The minimum atomic E-state index is -1.06. The molecule has 0 aromatic rings. The molecule has 0 atom stereocenters. The first-order valence-corrected chi connectivity index (χ1v) is 11.6. The molecule has 0 aliphatic heterocycles. The Morgan fingerprint density at radius 3 is 1.76 bits per heavy atom. The minimum absolute atomic E-state index is 0.449. The largest absolute Gasteiger partial charge is 0.347 e. The van der Waals surface area contributed by atoms with Crippen LogP contribution in [0.3, 0.4) is 0 Å². The zero-order valence-corrected chi connectivity index (χ0v) is 14.8. The highest BCUT2D eigenvalue weighted by molar-refractivity contribution is 7.42. The Morgan fingerprint density at radius 2 is 1.47 bits per heavy atom. The maximum absolute atomic E-state index is 5.92. The second-order valence-corrected chi connectivity index (χ2v) is 13.1. The minimum Gasteiger partial charge on any atom is -0.347 e. The van der Waals surface area contributed by atoms with Crippen LogP contribution in [-0.4, -0.2) is 25.3 Å². The van der Waals surface area contributed by atoms with Crippen LogP contribution in [0.4, 0.5) is 0 Å². The number of hydrogen-bond acceptors (Lipinski definition) is 1. The Kier molecular flexibility index (Phi) is 7.87. The smallest absolute Gasteiger partial charge is 0.0724 e. The van der Waals surface area contributed by atoms with Gasteiger partial charge in [0.25, 0.3) is 0 Å². The Labute approximate surface area is 111 Å². The topological polar surface area (TPSA) is 9.23 Å². The molecule has 0 N–H and O–H groups in total. The summed E-state index contributed by atoms with van der Waals surface area (Å²) in [6.45, 7) is 17.1. The molecular formula is C14H31OPSi. The van der Waals surface area contributed by atoms with E-state index >= 15 is 0 Å². The van der Waals surface area contributed by atoms with Gasteiger partial charge in [-0.3, -0.25) is 0 Å². The molecule has 0 saturated heterocycles. The van der Waals surface area contributed by atoms with Crippen molar-refractivity contribution in [3.05, 3.63) is 0 Å². The first-order valence-electron chi connectivity index (χ1n) is 7.04. The van der Waals surface area contributed by atoms with E-state index in [1.807, 2.05) is 0 Å². The first-order chi connectivity index (χ1) is 7.82. The molecule has 0 saturated carbocycles. The van der Waals surface area contributed by atoms with Crippen LogP contribution < -0.4 is 0 Å². The van der Waals surface area contributed by atoms with Crippen LogP contribution in [0, 0.1) is 0 Å². The van der Waals surface area contributed by atoms with Gasteiger partial charge in [0.2, 0.25) is 0 Å². The summed E-state index contributed by atoms with van der Waals surface area (Å²) < 4.78 is 5.92. The van der Waals surface area contributed by atoms with Crippen molar-refractivity contribution in [1.82, 2.24) is 0 Å². The van der Waals surface area contributed by atoms with E-state index in [2.05, 4.69) is 47.3 Å². The van der Waals surface area contributed by atoms with Gasteiger partial charge < -0.3 is 4.74 Å². The van der Waals surface area contributed by atoms with E-state index in [4.69, 9.17) is 4.74 Å². The van der Waals surface area contributed by atoms with Crippen LogP contribution in [0.1, 0.15) is 47.0 Å². The molecule has 0 aliphatic rings. The van der Waals surface area contributed by atoms with Crippen LogP contribution >= 0.6 is 8.20 Å². The highest BCUT2D eigenvalue weighted by Gasteiger charge is 2.25. The lowest BCUT2D eigenvalue weighted by Gasteiger charge is -2.28. The summed E-state index contributed by atoms with van der Waals surface area (Å²) in [5.41, 5.74) is 1.34. The summed E-state index contributed by atoms with van der Waals surface area (Å²) in [6, 6.07) is 1.21. The standard InChI is InChI=1S/C14H31OPSi/c1-8-14(9-2,10-3)16-13(15-11-4)12-17(5,6)7/h8-12H2,1-7H3. The first kappa shape index (κ1) is 17.3. The zero-order valence-electron chi connectivity index (χ0n) is 12.9. The fraction of sp³-hybridized carbons (Fsp3) is 0.929. The molecule has 0 heterocycles. The summed E-state index contributed by atoms with van der Waals surface area (Å²) in [4.78, 5) is 0. The SMILES string of the molecule is CCOC(C[Si](C)(C)C)=PC(CC)(CC)CC. The van der Waals surface area contributed by atoms with Gasteiger partial charge in [0.15, 0.2) is 0 Å². The molecule has 1 nitrogen and oxygen atoms in total. The van der Waals surface area contributed by atoms with Gasteiger partial charge >= 0.3 is 0 Å². The van der Waals surface area contributed by atoms with Crippen molar-refractivity contribution in [1.29, 1.82) is 0 Å². The van der Waals surface area contributed by atoms with Crippen molar-refractivity contribution >= 4 is 21.8 Å². The van der Waals surface area contributed by atoms with E-state index in [1.54, 1.807) is 0 Å². The second kappa shape index (κ2) is 7.71. The molecule has 0 fully saturated rings. The van der Waals surface area contributed by atoms with Crippen LogP contribution in [-0.2, 0) is 4.74 Å². The summed E-state index contributed by atoms with van der Waals surface area (Å²) in [6.07, 6.45) is 3.76. The van der Waals surface area contributed by atoms with Crippen LogP contribution in [0.5, 0.6) is 0 Å². The van der Waals surface area contributed by atoms with Crippen molar-refractivity contribution in [3.8, 4) is 0 Å². The van der Waals surface area contributed by atoms with E-state index in [-0.39, 0.29) is 0 Å². The fourth-order valence-electron chi connectivity index (χ4n) is 1.99. The number of ether oxygens (including phenoxy) is 1. The molecule has 0 rings (SSSR count). The second-order valence-electron chi connectivity index (χ2n) is 5.96. The molecule has 17 heavy (non-hydrogen) atoms. The van der Waals surface area contributed by atoms with E-state index in [0.717, 1.165) is 6.61 Å². The van der Waals surface area contributed by atoms with Crippen molar-refractivity contribution < 1.29 is 4.74 Å². The number of rotatable bonds is 8. The van der Waals surface area contributed by atoms with E-state index < -0.39 is 8.07 Å². The average molecular weight is 274 g/mol. The lowest BCUT2D eigenvalue weighted by Crippen LogP contribution is -2.27. The van der Waals surface area contributed by atoms with Crippen LogP contribution in [0.2, 0.25) is 25.7 Å². The van der Waals surface area contributed by atoms with Gasteiger partial charge in [0.1, 0.15) is 0 Å². The molecule has 0 aliphatic carbocycles. The van der Waals surface area contributed by atoms with E-state index in [9.17, 15) is 0 Å². The Hall–Kier alpha value is 0.347. The highest BCUT2D eigenvalue weighted by atomic mass is 31.1. The monoisotopic (exact) mass is 274 g/mol.